The number of benzene rings is 14. The van der Waals surface area contributed by atoms with Gasteiger partial charge >= 0.3 is 551 Å². The van der Waals surface area contributed by atoms with Crippen LogP contribution in [0.25, 0.3) is 0 Å². The summed E-state index contributed by atoms with van der Waals surface area (Å²) in [6.45, 7) is 0. The molecule has 0 saturated carbocycles. The van der Waals surface area contributed by atoms with Gasteiger partial charge < -0.3 is 0 Å². The van der Waals surface area contributed by atoms with E-state index >= 15 is 0 Å². The monoisotopic (exact) mass is 1480 g/mol. The molecular formula is C84H70Cu2Ge2P4+4. The van der Waals surface area contributed by atoms with Gasteiger partial charge in [0.15, 0.2) is 0 Å². The second-order valence-electron chi connectivity index (χ2n) is 22.1. The van der Waals surface area contributed by atoms with Crippen molar-refractivity contribution in [2.45, 2.75) is 0 Å². The SMILES string of the molecule is [Cu].[Cu].c1ccc([PH+](c2ccccc2)c2cccc[c]2[Ge]([c]2ccccc2)[c]2ccccc2[PH+](c2ccccc2)c2ccccc2)cc1.c1ccc([PH+](c2ccccc2)c2cccc[c]2[Ge]([c]2ccccc2)[c]2ccccc2[PH+](c2ccccc2)c2ccccc2)cc1. The zero-order valence-corrected chi connectivity index (χ0v) is 60.8. The van der Waals surface area contributed by atoms with Gasteiger partial charge in [-0.05, 0) is 0 Å². The Hall–Kier alpha value is -7.08. The van der Waals surface area contributed by atoms with Crippen LogP contribution in [0.3, 0.4) is 0 Å². The Bertz CT molecular complexity index is 3790. The van der Waals surface area contributed by atoms with Crippen molar-refractivity contribution in [2.24, 2.45) is 0 Å². The molecule has 0 spiro atoms. The molecule has 0 N–H and O–H groups in total. The Morgan fingerprint density at radius 1 is 0.141 bits per heavy atom. The van der Waals surface area contributed by atoms with Crippen LogP contribution in [0.5, 0.6) is 0 Å². The van der Waals surface area contributed by atoms with Crippen molar-refractivity contribution in [1.29, 1.82) is 0 Å². The Morgan fingerprint density at radius 2 is 0.272 bits per heavy atom. The van der Waals surface area contributed by atoms with Crippen molar-refractivity contribution in [3.63, 3.8) is 0 Å². The Balaban J connectivity index is 0.000000184. The molecule has 0 unspecified atom stereocenters. The van der Waals surface area contributed by atoms with Crippen LogP contribution in [-0.2, 0) is 34.1 Å². The standard InChI is InChI=1S/2C42H33GeP2.2Cu/c2*1-6-20-34(21-7-1)43(39-30-16-18-32-41(39)44(35-22-8-2-9-23-35)36-24-10-3-11-25-36)40-31-17-19-33-42(40)45(37-26-12-4-13-27-37)38-28-14-5-15-29-38;;/h2*1-33H;;/p+4. The van der Waals surface area contributed by atoms with E-state index in [1.807, 2.05) is 0 Å². The molecular weight excluding hydrogens is 1410 g/mol. The molecule has 0 fully saturated rings. The fourth-order valence-corrected chi connectivity index (χ4v) is 40.0. The van der Waals surface area contributed by atoms with Crippen LogP contribution in [0.2, 0.25) is 0 Å². The average molecular weight is 1480 g/mol. The number of hydrogen-bond donors (Lipinski definition) is 0. The minimum absolute atomic E-state index is 0. The Kier molecular flexibility index (Phi) is 24.3. The third-order valence-corrected chi connectivity index (χ3v) is 41.8. The first-order valence-corrected chi connectivity index (χ1v) is 43.2. The second kappa shape index (κ2) is 33.7. The van der Waals surface area contributed by atoms with Crippen LogP contribution in [0.15, 0.2) is 400 Å². The maximum atomic E-state index is 2.46. The van der Waals surface area contributed by atoms with E-state index in [9.17, 15) is 0 Å². The quantitative estimate of drug-likeness (QED) is 0.0594. The van der Waals surface area contributed by atoms with Gasteiger partial charge in [-0.2, -0.15) is 0 Å². The van der Waals surface area contributed by atoms with Crippen LogP contribution >= 0.6 is 31.7 Å². The van der Waals surface area contributed by atoms with Crippen molar-refractivity contribution >= 4 is 150 Å². The van der Waals surface area contributed by atoms with E-state index in [1.165, 1.54) is 72.4 Å². The molecule has 14 aromatic rings. The van der Waals surface area contributed by atoms with Gasteiger partial charge in [-0.25, -0.2) is 0 Å². The molecule has 0 amide bonds. The molecule has 0 nitrogen and oxygen atoms in total. The number of hydrogen-bond acceptors (Lipinski definition) is 0. The third kappa shape index (κ3) is 15.6. The normalized spacial score (nSPS) is 11.0. The predicted octanol–water partition coefficient (Wildman–Crippen LogP) is 10.4. The second-order valence-corrected chi connectivity index (χ2v) is 42.0. The topological polar surface area (TPSA) is 0 Å². The zero-order valence-electron chi connectivity index (χ0n) is 50.7. The van der Waals surface area contributed by atoms with Gasteiger partial charge in [-0.3, -0.25) is 0 Å². The molecule has 0 aromatic heterocycles. The van der Waals surface area contributed by atoms with Crippen molar-refractivity contribution in [3.8, 4) is 0 Å². The van der Waals surface area contributed by atoms with Crippen LogP contribution in [0.4, 0.5) is 0 Å². The summed E-state index contributed by atoms with van der Waals surface area (Å²) in [5.74, 6) is 0. The van der Waals surface area contributed by atoms with Crippen molar-refractivity contribution < 1.29 is 34.1 Å². The molecule has 0 aliphatic rings. The van der Waals surface area contributed by atoms with Crippen molar-refractivity contribution in [1.82, 2.24) is 0 Å². The first-order chi connectivity index (χ1) is 44.8. The average Bonchev–Trinajstić information content (AvgIpc) is 0.780. The summed E-state index contributed by atoms with van der Waals surface area (Å²) in [7, 11) is -5.01. The molecule has 8 heteroatoms. The molecule has 4 radical (unpaired) electrons. The molecule has 92 heavy (non-hydrogen) atoms. The van der Waals surface area contributed by atoms with E-state index in [0.717, 1.165) is 0 Å². The molecule has 14 rings (SSSR count). The fourth-order valence-electron chi connectivity index (χ4n) is 12.5. The van der Waals surface area contributed by atoms with E-state index in [4.69, 9.17) is 0 Å². The molecule has 0 atom stereocenters. The molecule has 0 saturated heterocycles. The van der Waals surface area contributed by atoms with Gasteiger partial charge in [0.05, 0.1) is 0 Å². The third-order valence-electron chi connectivity index (χ3n) is 16.5. The fraction of sp³-hybridized carbons (Fsp3) is 0. The van der Waals surface area contributed by atoms with Crippen LogP contribution in [0, 0.1) is 0 Å². The first kappa shape index (κ1) is 66.4. The van der Waals surface area contributed by atoms with Crippen LogP contribution in [0.1, 0.15) is 0 Å². The van der Waals surface area contributed by atoms with E-state index in [1.54, 1.807) is 17.6 Å². The summed E-state index contributed by atoms with van der Waals surface area (Å²) in [6, 6.07) is 150. The molecule has 14 aromatic carbocycles. The van der Waals surface area contributed by atoms with Gasteiger partial charge in [-0.1, -0.05) is 0 Å². The van der Waals surface area contributed by atoms with E-state index in [-0.39, 0.29) is 34.1 Å². The zero-order chi connectivity index (χ0) is 60.5. The summed E-state index contributed by atoms with van der Waals surface area (Å²) in [6.07, 6.45) is 0. The minimum atomic E-state index is -2.35. The Morgan fingerprint density at radius 3 is 0.435 bits per heavy atom. The van der Waals surface area contributed by atoms with Gasteiger partial charge in [0.2, 0.25) is 0 Å². The van der Waals surface area contributed by atoms with Gasteiger partial charge in [0.25, 0.3) is 0 Å². The van der Waals surface area contributed by atoms with E-state index in [2.05, 4.69) is 400 Å². The van der Waals surface area contributed by atoms with Crippen molar-refractivity contribution in [3.05, 3.63) is 400 Å². The van der Waals surface area contributed by atoms with Gasteiger partial charge in [0, 0.05) is 34.1 Å². The maximum absolute atomic E-state index is 2.46. The molecule has 0 aliphatic carbocycles. The Labute approximate surface area is 579 Å². The van der Waals surface area contributed by atoms with Crippen LogP contribution < -0.4 is 90.0 Å². The number of rotatable bonds is 18. The van der Waals surface area contributed by atoms with E-state index < -0.39 is 60.4 Å². The van der Waals surface area contributed by atoms with Crippen LogP contribution in [-0.4, -0.2) is 28.7 Å². The first-order valence-electron chi connectivity index (χ1n) is 30.9. The molecule has 0 bridgehead atoms. The van der Waals surface area contributed by atoms with Crippen molar-refractivity contribution in [2.75, 3.05) is 0 Å². The summed E-state index contributed by atoms with van der Waals surface area (Å²) in [5.41, 5.74) is 0. The summed E-state index contributed by atoms with van der Waals surface area (Å²) in [5, 5.41) is 17.5. The van der Waals surface area contributed by atoms with E-state index in [0.29, 0.717) is 0 Å². The summed E-state index contributed by atoms with van der Waals surface area (Å²) >= 11 is -4.70. The molecule has 0 heterocycles. The van der Waals surface area contributed by atoms with Gasteiger partial charge in [0.1, 0.15) is 0 Å². The molecule has 0 aliphatic heterocycles. The summed E-state index contributed by atoms with van der Waals surface area (Å²) < 4.78 is 9.20. The predicted molar refractivity (Wildman–Crippen MR) is 408 cm³/mol. The van der Waals surface area contributed by atoms with Gasteiger partial charge in [-0.15, -0.1) is 0 Å². The summed E-state index contributed by atoms with van der Waals surface area (Å²) in [4.78, 5) is 0. The molecule has 452 valence electrons.